The predicted molar refractivity (Wildman–Crippen MR) is 193 cm³/mol. The van der Waals surface area contributed by atoms with E-state index in [1.54, 1.807) is 0 Å². The molecule has 0 heterocycles. The van der Waals surface area contributed by atoms with Gasteiger partial charge in [-0.1, -0.05) is 150 Å². The minimum Gasteiger partial charge on any atom is -0.289 e. The topological polar surface area (TPSA) is 12.4 Å². The van der Waals surface area contributed by atoms with Crippen molar-refractivity contribution in [1.82, 2.24) is 0 Å². The van der Waals surface area contributed by atoms with Crippen LogP contribution >= 0.6 is 0 Å². The molecule has 0 aliphatic heterocycles. The first-order valence-electron chi connectivity index (χ1n) is 16.6. The summed E-state index contributed by atoms with van der Waals surface area (Å²) in [4.78, 5) is 5.11. The zero-order valence-corrected chi connectivity index (χ0v) is 27.9. The Hall–Kier alpha value is -4.23. The molecular formula is C44H45N. The van der Waals surface area contributed by atoms with Crippen molar-refractivity contribution < 1.29 is 0 Å². The SMILES string of the molecule is C/C=C\C(c1ccc2c(c1)C(C)(C)c1ccccc1-2)C(C)/N=C/c1ccc(C2(C)C=C3C(=CC2)c2ccccc2C3(C)C)cc1. The zero-order chi connectivity index (χ0) is 31.6. The number of hydrogen-bond donors (Lipinski definition) is 0. The Morgan fingerprint density at radius 3 is 2.07 bits per heavy atom. The van der Waals surface area contributed by atoms with E-state index in [-0.39, 0.29) is 28.2 Å². The standard InChI is InChI=1S/C44H45N/c1-8-13-33(31-20-23-36-34-14-9-11-16-38(34)42(3,4)40(36)26-31)29(2)45-28-30-18-21-32(22-19-30)44(7)25-24-37-35-15-10-12-17-39(35)43(5,6)41(37)27-44/h8-24,26-29,33H,25H2,1-7H3/b13-8-,45-28+. The van der Waals surface area contributed by atoms with Gasteiger partial charge in [0.2, 0.25) is 0 Å². The maximum atomic E-state index is 5.11. The highest BCUT2D eigenvalue weighted by molar-refractivity contribution is 5.91. The Labute approximate surface area is 270 Å². The second-order valence-corrected chi connectivity index (χ2v) is 14.6. The monoisotopic (exact) mass is 587 g/mol. The van der Waals surface area contributed by atoms with Gasteiger partial charge in [0, 0.05) is 28.4 Å². The molecular weight excluding hydrogens is 542 g/mol. The number of fused-ring (bicyclic) bond motifs is 6. The van der Waals surface area contributed by atoms with Crippen LogP contribution in [-0.4, -0.2) is 12.3 Å². The molecule has 3 unspecified atom stereocenters. The Morgan fingerprint density at radius 2 is 1.36 bits per heavy atom. The van der Waals surface area contributed by atoms with Gasteiger partial charge < -0.3 is 0 Å². The van der Waals surface area contributed by atoms with Crippen molar-refractivity contribution in [2.75, 3.05) is 0 Å². The molecule has 3 atom stereocenters. The van der Waals surface area contributed by atoms with E-state index in [2.05, 4.69) is 170 Å². The number of rotatable bonds is 6. The highest BCUT2D eigenvalue weighted by Gasteiger charge is 2.42. The molecule has 4 aromatic rings. The molecule has 0 bridgehead atoms. The van der Waals surface area contributed by atoms with Gasteiger partial charge in [-0.15, -0.1) is 0 Å². The van der Waals surface area contributed by atoms with Gasteiger partial charge in [0.1, 0.15) is 0 Å². The average Bonchev–Trinajstić information content (AvgIpc) is 3.41. The average molecular weight is 588 g/mol. The molecule has 7 rings (SSSR count). The third kappa shape index (κ3) is 4.71. The molecule has 226 valence electrons. The van der Waals surface area contributed by atoms with E-state index in [1.807, 2.05) is 0 Å². The highest BCUT2D eigenvalue weighted by Crippen LogP contribution is 2.54. The lowest BCUT2D eigenvalue weighted by atomic mass is 9.70. The summed E-state index contributed by atoms with van der Waals surface area (Å²) in [6, 6.07) is 34.1. The summed E-state index contributed by atoms with van der Waals surface area (Å²) in [5.74, 6) is 0.211. The normalized spacial score (nSPS) is 21.9. The molecule has 3 aliphatic rings. The van der Waals surface area contributed by atoms with E-state index < -0.39 is 0 Å². The van der Waals surface area contributed by atoms with Crippen LogP contribution in [0.15, 0.2) is 126 Å². The molecule has 0 fully saturated rings. The smallest absolute Gasteiger partial charge is 0.0574 e. The second kappa shape index (κ2) is 10.7. The van der Waals surface area contributed by atoms with Gasteiger partial charge in [0.25, 0.3) is 0 Å². The van der Waals surface area contributed by atoms with Gasteiger partial charge >= 0.3 is 0 Å². The van der Waals surface area contributed by atoms with Crippen LogP contribution in [0.2, 0.25) is 0 Å². The summed E-state index contributed by atoms with van der Waals surface area (Å²) in [6.07, 6.45) is 12.6. The molecule has 0 amide bonds. The van der Waals surface area contributed by atoms with E-state index in [0.29, 0.717) is 0 Å². The summed E-state index contributed by atoms with van der Waals surface area (Å²) >= 11 is 0. The van der Waals surface area contributed by atoms with Crippen LogP contribution in [0.4, 0.5) is 0 Å². The van der Waals surface area contributed by atoms with Crippen LogP contribution in [0.25, 0.3) is 16.7 Å². The van der Waals surface area contributed by atoms with E-state index in [9.17, 15) is 0 Å². The summed E-state index contributed by atoms with van der Waals surface area (Å²) in [5.41, 5.74) is 15.1. The van der Waals surface area contributed by atoms with Gasteiger partial charge in [-0.2, -0.15) is 0 Å². The van der Waals surface area contributed by atoms with Crippen molar-refractivity contribution in [3.63, 3.8) is 0 Å². The molecule has 0 radical (unpaired) electrons. The molecule has 0 saturated carbocycles. The lowest BCUT2D eigenvalue weighted by Gasteiger charge is -2.34. The first-order chi connectivity index (χ1) is 21.5. The van der Waals surface area contributed by atoms with Crippen molar-refractivity contribution in [3.05, 3.63) is 160 Å². The fourth-order valence-electron chi connectivity index (χ4n) is 8.19. The lowest BCUT2D eigenvalue weighted by molar-refractivity contribution is 0.571. The molecule has 0 aromatic heterocycles. The maximum absolute atomic E-state index is 5.11. The summed E-state index contributed by atoms with van der Waals surface area (Å²) in [6.45, 7) is 16.2. The second-order valence-electron chi connectivity index (χ2n) is 14.6. The summed E-state index contributed by atoms with van der Waals surface area (Å²) in [5, 5.41) is 0. The van der Waals surface area contributed by atoms with E-state index in [4.69, 9.17) is 4.99 Å². The molecule has 45 heavy (non-hydrogen) atoms. The molecule has 3 aliphatic carbocycles. The predicted octanol–water partition coefficient (Wildman–Crippen LogP) is 11.1. The zero-order valence-electron chi connectivity index (χ0n) is 27.9. The third-order valence-corrected chi connectivity index (χ3v) is 11.0. The number of allylic oxidation sites excluding steroid dienone is 5. The van der Waals surface area contributed by atoms with Crippen molar-refractivity contribution in [1.29, 1.82) is 0 Å². The van der Waals surface area contributed by atoms with Crippen LogP contribution < -0.4 is 0 Å². The van der Waals surface area contributed by atoms with Gasteiger partial charge in [0.15, 0.2) is 0 Å². The quantitative estimate of drug-likeness (QED) is 0.157. The fraction of sp³-hybridized carbons (Fsp3) is 0.295. The van der Waals surface area contributed by atoms with Crippen LogP contribution in [0.1, 0.15) is 99.7 Å². The summed E-state index contributed by atoms with van der Waals surface area (Å²) in [7, 11) is 0. The summed E-state index contributed by atoms with van der Waals surface area (Å²) < 4.78 is 0. The number of hydrogen-bond acceptors (Lipinski definition) is 1. The number of benzene rings is 4. The molecule has 0 saturated heterocycles. The molecule has 0 N–H and O–H groups in total. The van der Waals surface area contributed by atoms with Crippen molar-refractivity contribution in [2.24, 2.45) is 4.99 Å². The van der Waals surface area contributed by atoms with Crippen molar-refractivity contribution in [2.45, 2.75) is 83.1 Å². The number of nitrogens with zero attached hydrogens (tertiary/aromatic N) is 1. The number of aliphatic imine (C=N–C) groups is 1. The van der Waals surface area contributed by atoms with E-state index in [0.717, 1.165) is 12.0 Å². The fourth-order valence-corrected chi connectivity index (χ4v) is 8.19. The Balaban J connectivity index is 1.11. The molecule has 1 nitrogen and oxygen atoms in total. The third-order valence-electron chi connectivity index (χ3n) is 11.0. The van der Waals surface area contributed by atoms with E-state index >= 15 is 0 Å². The first kappa shape index (κ1) is 29.5. The Morgan fingerprint density at radius 1 is 0.711 bits per heavy atom. The molecule has 4 aromatic carbocycles. The Kier molecular flexibility index (Phi) is 7.00. The minimum atomic E-state index is -0.0286. The van der Waals surface area contributed by atoms with Crippen molar-refractivity contribution >= 4 is 11.8 Å². The van der Waals surface area contributed by atoms with Crippen LogP contribution in [-0.2, 0) is 16.2 Å². The Bertz CT molecular complexity index is 1910. The molecule has 0 spiro atoms. The minimum absolute atomic E-state index is 0.00354. The van der Waals surface area contributed by atoms with Crippen LogP contribution in [0, 0.1) is 0 Å². The van der Waals surface area contributed by atoms with Crippen LogP contribution in [0.3, 0.4) is 0 Å². The maximum Gasteiger partial charge on any atom is 0.0574 e. The van der Waals surface area contributed by atoms with E-state index in [1.165, 1.54) is 55.7 Å². The lowest BCUT2D eigenvalue weighted by Crippen LogP contribution is -2.25. The van der Waals surface area contributed by atoms with Crippen molar-refractivity contribution in [3.8, 4) is 11.1 Å². The van der Waals surface area contributed by atoms with Gasteiger partial charge in [-0.05, 0) is 81.5 Å². The van der Waals surface area contributed by atoms with Gasteiger partial charge in [-0.3, -0.25) is 4.99 Å². The van der Waals surface area contributed by atoms with Gasteiger partial charge in [-0.25, -0.2) is 0 Å². The van der Waals surface area contributed by atoms with Crippen LogP contribution in [0.5, 0.6) is 0 Å². The van der Waals surface area contributed by atoms with Gasteiger partial charge in [0.05, 0.1) is 6.04 Å². The molecule has 1 heteroatoms. The largest absolute Gasteiger partial charge is 0.289 e. The highest BCUT2D eigenvalue weighted by atomic mass is 14.8. The first-order valence-corrected chi connectivity index (χ1v) is 16.6.